The topological polar surface area (TPSA) is 28.4 Å². The van der Waals surface area contributed by atoms with Crippen LogP contribution in [0.15, 0.2) is 47.1 Å². The Balaban J connectivity index is 1.63. The van der Waals surface area contributed by atoms with E-state index in [4.69, 9.17) is 4.42 Å². The van der Waals surface area contributed by atoms with Crippen molar-refractivity contribution in [1.82, 2.24) is 5.32 Å². The van der Waals surface area contributed by atoms with Gasteiger partial charge in [-0.25, -0.2) is 0 Å². The smallest absolute Gasteiger partial charge is 0.122 e. The summed E-state index contributed by atoms with van der Waals surface area (Å²) in [4.78, 5) is 2.24. The number of nitrogens with one attached hydrogen (secondary N) is 1. The van der Waals surface area contributed by atoms with Crippen molar-refractivity contribution in [3.05, 3.63) is 54.0 Å². The maximum absolute atomic E-state index is 5.59. The summed E-state index contributed by atoms with van der Waals surface area (Å²) in [5, 5.41) is 3.50. The molecule has 1 saturated carbocycles. The first-order valence-corrected chi connectivity index (χ1v) is 6.88. The molecule has 0 bridgehead atoms. The lowest BCUT2D eigenvalue weighted by molar-refractivity contribution is 0.477. The monoisotopic (exact) mass is 256 g/mol. The minimum absolute atomic E-state index is 0.713. The molecule has 1 aromatic carbocycles. The molecular weight excluding hydrogens is 236 g/mol. The molecule has 0 radical (unpaired) electrons. The maximum Gasteiger partial charge on any atom is 0.122 e. The number of hydrogen-bond acceptors (Lipinski definition) is 3. The van der Waals surface area contributed by atoms with Gasteiger partial charge in [0.15, 0.2) is 0 Å². The van der Waals surface area contributed by atoms with Crippen LogP contribution in [0.2, 0.25) is 0 Å². The fourth-order valence-electron chi connectivity index (χ4n) is 2.22. The number of anilines is 1. The average molecular weight is 256 g/mol. The van der Waals surface area contributed by atoms with Crippen LogP contribution in [0.4, 0.5) is 5.69 Å². The normalized spacial score (nSPS) is 14.6. The lowest BCUT2D eigenvalue weighted by Crippen LogP contribution is -2.19. The van der Waals surface area contributed by atoms with Gasteiger partial charge >= 0.3 is 0 Å². The van der Waals surface area contributed by atoms with Crippen molar-refractivity contribution in [1.29, 1.82) is 0 Å². The molecule has 0 aliphatic heterocycles. The van der Waals surface area contributed by atoms with Gasteiger partial charge in [-0.2, -0.15) is 0 Å². The summed E-state index contributed by atoms with van der Waals surface area (Å²) in [5.74, 6) is 1.06. The Morgan fingerprint density at radius 3 is 2.74 bits per heavy atom. The van der Waals surface area contributed by atoms with E-state index in [2.05, 4.69) is 47.6 Å². The molecule has 0 amide bonds. The van der Waals surface area contributed by atoms with Crippen molar-refractivity contribution in [2.24, 2.45) is 0 Å². The quantitative estimate of drug-likeness (QED) is 0.860. The van der Waals surface area contributed by atoms with Crippen LogP contribution >= 0.6 is 0 Å². The van der Waals surface area contributed by atoms with Crippen LogP contribution in [0, 0.1) is 0 Å². The average Bonchev–Trinajstić information content (AvgIpc) is 3.18. The van der Waals surface area contributed by atoms with Crippen LogP contribution in [0.5, 0.6) is 0 Å². The predicted molar refractivity (Wildman–Crippen MR) is 77.1 cm³/mol. The summed E-state index contributed by atoms with van der Waals surface area (Å²) < 4.78 is 5.59. The largest absolute Gasteiger partial charge is 0.468 e. The van der Waals surface area contributed by atoms with Crippen LogP contribution in [-0.2, 0) is 13.1 Å². The van der Waals surface area contributed by atoms with E-state index >= 15 is 0 Å². The third kappa shape index (κ3) is 3.18. The van der Waals surface area contributed by atoms with E-state index in [-0.39, 0.29) is 0 Å². The standard InChI is InChI=1S/C16H20N2O/c1-18(15-5-3-2-4-6-15)12-13-9-10-19-16(13)11-17-14-7-8-14/h2-6,9-10,14,17H,7-8,11-12H2,1H3. The van der Waals surface area contributed by atoms with Crippen LogP contribution < -0.4 is 10.2 Å². The van der Waals surface area contributed by atoms with Crippen LogP contribution in [-0.4, -0.2) is 13.1 Å². The van der Waals surface area contributed by atoms with Crippen molar-refractivity contribution < 1.29 is 4.42 Å². The first-order valence-electron chi connectivity index (χ1n) is 6.88. The molecule has 1 aromatic heterocycles. The second kappa shape index (κ2) is 5.49. The van der Waals surface area contributed by atoms with Crippen molar-refractivity contribution in [3.63, 3.8) is 0 Å². The van der Waals surface area contributed by atoms with Crippen LogP contribution in [0.3, 0.4) is 0 Å². The fraction of sp³-hybridized carbons (Fsp3) is 0.375. The Labute approximate surface area is 114 Å². The van der Waals surface area contributed by atoms with E-state index in [1.54, 1.807) is 6.26 Å². The van der Waals surface area contributed by atoms with Gasteiger partial charge in [0.1, 0.15) is 5.76 Å². The van der Waals surface area contributed by atoms with E-state index in [1.165, 1.54) is 24.1 Å². The van der Waals surface area contributed by atoms with Crippen molar-refractivity contribution in [3.8, 4) is 0 Å². The minimum atomic E-state index is 0.713. The second-order valence-corrected chi connectivity index (χ2v) is 5.22. The Morgan fingerprint density at radius 1 is 1.21 bits per heavy atom. The van der Waals surface area contributed by atoms with E-state index in [9.17, 15) is 0 Å². The zero-order valence-corrected chi connectivity index (χ0v) is 11.3. The van der Waals surface area contributed by atoms with Gasteiger partial charge in [-0.3, -0.25) is 0 Å². The molecule has 1 N–H and O–H groups in total. The Morgan fingerprint density at radius 2 is 2.00 bits per heavy atom. The molecular formula is C16H20N2O. The van der Waals surface area contributed by atoms with Gasteiger partial charge < -0.3 is 14.6 Å². The van der Waals surface area contributed by atoms with E-state index in [0.717, 1.165) is 18.8 Å². The molecule has 2 aromatic rings. The second-order valence-electron chi connectivity index (χ2n) is 5.22. The first-order chi connectivity index (χ1) is 9.33. The molecule has 1 fully saturated rings. The van der Waals surface area contributed by atoms with Gasteiger partial charge in [0.2, 0.25) is 0 Å². The van der Waals surface area contributed by atoms with Gasteiger partial charge in [0, 0.05) is 30.9 Å². The lowest BCUT2D eigenvalue weighted by Gasteiger charge is -2.19. The first kappa shape index (κ1) is 12.3. The minimum Gasteiger partial charge on any atom is -0.468 e. The zero-order valence-electron chi connectivity index (χ0n) is 11.3. The van der Waals surface area contributed by atoms with E-state index in [0.29, 0.717) is 6.04 Å². The Bertz CT molecular complexity index is 517. The summed E-state index contributed by atoms with van der Waals surface area (Å²) in [6.07, 6.45) is 4.40. The summed E-state index contributed by atoms with van der Waals surface area (Å²) >= 11 is 0. The number of furan rings is 1. The van der Waals surface area contributed by atoms with Crippen LogP contribution in [0.25, 0.3) is 0 Å². The molecule has 3 nitrogen and oxygen atoms in total. The van der Waals surface area contributed by atoms with Crippen molar-refractivity contribution >= 4 is 5.69 Å². The van der Waals surface area contributed by atoms with E-state index in [1.807, 2.05) is 6.07 Å². The third-order valence-electron chi connectivity index (χ3n) is 3.57. The highest BCUT2D eigenvalue weighted by Gasteiger charge is 2.21. The number of nitrogens with zero attached hydrogens (tertiary/aromatic N) is 1. The van der Waals surface area contributed by atoms with Gasteiger partial charge in [-0.15, -0.1) is 0 Å². The van der Waals surface area contributed by atoms with E-state index < -0.39 is 0 Å². The van der Waals surface area contributed by atoms with Gasteiger partial charge in [-0.1, -0.05) is 18.2 Å². The molecule has 1 aliphatic rings. The molecule has 1 heterocycles. The van der Waals surface area contributed by atoms with Crippen molar-refractivity contribution in [2.45, 2.75) is 32.0 Å². The number of hydrogen-bond donors (Lipinski definition) is 1. The van der Waals surface area contributed by atoms with Gasteiger partial charge in [0.25, 0.3) is 0 Å². The predicted octanol–water partition coefficient (Wildman–Crippen LogP) is 3.17. The number of para-hydroxylation sites is 1. The zero-order chi connectivity index (χ0) is 13.1. The Kier molecular flexibility index (Phi) is 3.56. The summed E-state index contributed by atoms with van der Waals surface area (Å²) in [7, 11) is 2.11. The molecule has 1 aliphatic carbocycles. The van der Waals surface area contributed by atoms with Gasteiger partial charge in [-0.05, 0) is 31.0 Å². The van der Waals surface area contributed by atoms with Gasteiger partial charge in [0.05, 0.1) is 12.8 Å². The van der Waals surface area contributed by atoms with Crippen LogP contribution in [0.1, 0.15) is 24.2 Å². The lowest BCUT2D eigenvalue weighted by atomic mass is 10.2. The number of rotatable bonds is 6. The number of benzene rings is 1. The molecule has 0 unspecified atom stereocenters. The molecule has 0 spiro atoms. The Hall–Kier alpha value is -1.74. The molecule has 100 valence electrons. The highest BCUT2D eigenvalue weighted by Crippen LogP contribution is 2.21. The fourth-order valence-corrected chi connectivity index (χ4v) is 2.22. The molecule has 3 rings (SSSR count). The molecule has 0 saturated heterocycles. The third-order valence-corrected chi connectivity index (χ3v) is 3.57. The SMILES string of the molecule is CN(Cc1ccoc1CNC1CC1)c1ccccc1. The maximum atomic E-state index is 5.59. The highest BCUT2D eigenvalue weighted by molar-refractivity contribution is 5.45. The molecule has 0 atom stereocenters. The molecule has 3 heteroatoms. The summed E-state index contributed by atoms with van der Waals surface area (Å²) in [6, 6.07) is 13.2. The summed E-state index contributed by atoms with van der Waals surface area (Å²) in [5.41, 5.74) is 2.49. The highest BCUT2D eigenvalue weighted by atomic mass is 16.3. The molecule has 19 heavy (non-hydrogen) atoms. The summed E-state index contributed by atoms with van der Waals surface area (Å²) in [6.45, 7) is 1.72. The van der Waals surface area contributed by atoms with Crippen molar-refractivity contribution in [2.75, 3.05) is 11.9 Å².